The number of hydrogen-bond donors (Lipinski definition) is 0. The first-order valence-electron chi connectivity index (χ1n) is 10.7. The van der Waals surface area contributed by atoms with Crippen molar-refractivity contribution < 1.29 is 0 Å². The Morgan fingerprint density at radius 3 is 2.73 bits per heavy atom. The molecular formula is C28H28N2. The Kier molecular flexibility index (Phi) is 5.72. The van der Waals surface area contributed by atoms with Crippen molar-refractivity contribution in [3.05, 3.63) is 94.1 Å². The second-order valence-corrected chi connectivity index (χ2v) is 7.95. The minimum atomic E-state index is 0.204. The summed E-state index contributed by atoms with van der Waals surface area (Å²) < 4.78 is 2.35. The van der Waals surface area contributed by atoms with Gasteiger partial charge in [-0.3, -0.25) is 4.57 Å². The quantitative estimate of drug-likeness (QED) is 0.453. The van der Waals surface area contributed by atoms with E-state index in [4.69, 9.17) is 11.4 Å². The van der Waals surface area contributed by atoms with Crippen molar-refractivity contribution in [1.29, 1.82) is 0 Å². The van der Waals surface area contributed by atoms with Gasteiger partial charge in [-0.15, -0.1) is 6.42 Å². The highest BCUT2D eigenvalue weighted by Gasteiger charge is 2.23. The van der Waals surface area contributed by atoms with Crippen molar-refractivity contribution in [2.24, 2.45) is 0 Å². The number of rotatable bonds is 5. The molecule has 0 fully saturated rings. The lowest BCUT2D eigenvalue weighted by molar-refractivity contribution is 0.783. The van der Waals surface area contributed by atoms with Crippen molar-refractivity contribution in [1.82, 2.24) is 9.55 Å². The van der Waals surface area contributed by atoms with Gasteiger partial charge >= 0.3 is 0 Å². The molecule has 0 aliphatic heterocycles. The average molecular weight is 393 g/mol. The van der Waals surface area contributed by atoms with Crippen LogP contribution in [-0.4, -0.2) is 9.55 Å². The predicted molar refractivity (Wildman–Crippen MR) is 127 cm³/mol. The summed E-state index contributed by atoms with van der Waals surface area (Å²) in [5, 5.41) is 0. The van der Waals surface area contributed by atoms with Crippen molar-refractivity contribution in [2.75, 3.05) is 0 Å². The molecule has 2 heteroatoms. The Balaban J connectivity index is 1.86. The Morgan fingerprint density at radius 2 is 2.00 bits per heavy atom. The van der Waals surface area contributed by atoms with E-state index in [9.17, 15) is 0 Å². The summed E-state index contributed by atoms with van der Waals surface area (Å²) in [5.74, 6) is 3.90. The molecule has 150 valence electrons. The number of allylic oxidation sites excluding steroid dienone is 2. The SMILES string of the molecule is C#C/C=C\c1ccc(-n2c(C(C)c3ccc(C)cc3)nc3c2C=CCC3)cc1CC. The fourth-order valence-corrected chi connectivity index (χ4v) is 4.17. The average Bonchev–Trinajstić information content (AvgIpc) is 3.17. The molecule has 0 bridgehead atoms. The smallest absolute Gasteiger partial charge is 0.121 e. The lowest BCUT2D eigenvalue weighted by Gasteiger charge is -2.18. The Labute approximate surface area is 180 Å². The van der Waals surface area contributed by atoms with Gasteiger partial charge in [0.15, 0.2) is 0 Å². The Bertz CT molecular complexity index is 1150. The number of imidazole rings is 1. The van der Waals surface area contributed by atoms with Crippen LogP contribution in [0.1, 0.15) is 65.7 Å². The van der Waals surface area contributed by atoms with Crippen LogP contribution in [0.4, 0.5) is 0 Å². The lowest BCUT2D eigenvalue weighted by Crippen LogP contribution is -2.09. The van der Waals surface area contributed by atoms with Gasteiger partial charge in [0.25, 0.3) is 0 Å². The van der Waals surface area contributed by atoms with E-state index in [0.29, 0.717) is 0 Å². The summed E-state index contributed by atoms with van der Waals surface area (Å²) in [6.45, 7) is 6.57. The first-order chi connectivity index (χ1) is 14.6. The Morgan fingerprint density at radius 1 is 1.20 bits per heavy atom. The molecule has 3 aromatic rings. The van der Waals surface area contributed by atoms with E-state index in [1.165, 1.54) is 39.3 Å². The second kappa shape index (κ2) is 8.59. The molecule has 1 aliphatic rings. The van der Waals surface area contributed by atoms with Gasteiger partial charge in [0, 0.05) is 11.6 Å². The number of fused-ring (bicyclic) bond motifs is 1. The van der Waals surface area contributed by atoms with Crippen molar-refractivity contribution >= 4 is 12.2 Å². The third-order valence-corrected chi connectivity index (χ3v) is 5.93. The van der Waals surface area contributed by atoms with Crippen LogP contribution in [0.15, 0.2) is 54.6 Å². The standard InChI is InChI=1S/C28H28N2/c1-5-7-10-24-17-18-25(19-22(24)6-2)30-27-12-9-8-11-26(27)29-28(30)21(4)23-15-13-20(3)14-16-23/h1,7,9-10,12-19,21H,6,8,11H2,2-4H3/b10-7-. The normalized spacial score (nSPS) is 13.9. The van der Waals surface area contributed by atoms with Gasteiger partial charge in [-0.1, -0.05) is 61.7 Å². The molecule has 0 saturated carbocycles. The van der Waals surface area contributed by atoms with Crippen LogP contribution in [0.25, 0.3) is 17.8 Å². The molecule has 1 atom stereocenters. The van der Waals surface area contributed by atoms with Crippen molar-refractivity contribution in [3.8, 4) is 18.0 Å². The fraction of sp³-hybridized carbons (Fsp3) is 0.250. The van der Waals surface area contributed by atoms with Gasteiger partial charge in [-0.2, -0.15) is 0 Å². The van der Waals surface area contributed by atoms with E-state index >= 15 is 0 Å². The molecule has 2 aromatic carbocycles. The lowest BCUT2D eigenvalue weighted by atomic mass is 9.98. The fourth-order valence-electron chi connectivity index (χ4n) is 4.17. The van der Waals surface area contributed by atoms with Crippen LogP contribution in [-0.2, 0) is 12.8 Å². The molecule has 0 spiro atoms. The summed E-state index contributed by atoms with van der Waals surface area (Å²) in [6, 6.07) is 15.4. The van der Waals surface area contributed by atoms with E-state index in [0.717, 1.165) is 25.1 Å². The second-order valence-electron chi connectivity index (χ2n) is 7.95. The highest BCUT2D eigenvalue weighted by atomic mass is 15.1. The summed E-state index contributed by atoms with van der Waals surface area (Å²) in [4.78, 5) is 5.12. The molecule has 1 heterocycles. The zero-order valence-corrected chi connectivity index (χ0v) is 18.0. The number of aryl methyl sites for hydroxylation is 3. The highest BCUT2D eigenvalue weighted by molar-refractivity contribution is 5.62. The summed E-state index contributed by atoms with van der Waals surface area (Å²) in [7, 11) is 0. The van der Waals surface area contributed by atoms with E-state index in [1.807, 2.05) is 6.08 Å². The van der Waals surface area contributed by atoms with Gasteiger partial charge in [0.05, 0.1) is 11.4 Å². The van der Waals surface area contributed by atoms with E-state index in [1.54, 1.807) is 6.08 Å². The molecule has 0 radical (unpaired) electrons. The largest absolute Gasteiger partial charge is 0.296 e. The molecule has 4 rings (SSSR count). The third kappa shape index (κ3) is 3.76. The predicted octanol–water partition coefficient (Wildman–Crippen LogP) is 6.50. The number of hydrogen-bond acceptors (Lipinski definition) is 1. The maximum absolute atomic E-state index is 5.41. The molecule has 1 aromatic heterocycles. The summed E-state index contributed by atoms with van der Waals surface area (Å²) in [6.07, 6.45) is 16.7. The van der Waals surface area contributed by atoms with Crippen LogP contribution in [0.2, 0.25) is 0 Å². The van der Waals surface area contributed by atoms with Gasteiger partial charge in [-0.05, 0) is 73.2 Å². The van der Waals surface area contributed by atoms with Crippen LogP contribution in [0, 0.1) is 19.3 Å². The van der Waals surface area contributed by atoms with Crippen LogP contribution >= 0.6 is 0 Å². The molecule has 0 N–H and O–H groups in total. The molecule has 0 saturated heterocycles. The minimum Gasteiger partial charge on any atom is -0.296 e. The number of nitrogens with zero attached hydrogens (tertiary/aromatic N) is 2. The van der Waals surface area contributed by atoms with Crippen LogP contribution in [0.5, 0.6) is 0 Å². The molecule has 30 heavy (non-hydrogen) atoms. The minimum absolute atomic E-state index is 0.204. The Hall–Kier alpha value is -3.31. The van der Waals surface area contributed by atoms with E-state index in [2.05, 4.69) is 85.9 Å². The molecular weight excluding hydrogens is 364 g/mol. The number of benzene rings is 2. The maximum atomic E-state index is 5.41. The number of terminal acetylenes is 1. The monoisotopic (exact) mass is 392 g/mol. The maximum Gasteiger partial charge on any atom is 0.121 e. The van der Waals surface area contributed by atoms with Gasteiger partial charge in [-0.25, -0.2) is 4.98 Å². The highest BCUT2D eigenvalue weighted by Crippen LogP contribution is 2.32. The first-order valence-corrected chi connectivity index (χ1v) is 10.7. The molecule has 2 nitrogen and oxygen atoms in total. The van der Waals surface area contributed by atoms with E-state index in [-0.39, 0.29) is 5.92 Å². The molecule has 1 unspecified atom stereocenters. The zero-order chi connectivity index (χ0) is 21.1. The van der Waals surface area contributed by atoms with Crippen LogP contribution < -0.4 is 0 Å². The summed E-state index contributed by atoms with van der Waals surface area (Å²) >= 11 is 0. The van der Waals surface area contributed by atoms with Crippen molar-refractivity contribution in [2.45, 2.75) is 46.0 Å². The van der Waals surface area contributed by atoms with Gasteiger partial charge in [0.2, 0.25) is 0 Å². The van der Waals surface area contributed by atoms with Crippen LogP contribution in [0.3, 0.4) is 0 Å². The molecule has 1 aliphatic carbocycles. The first kappa shape index (κ1) is 20.0. The van der Waals surface area contributed by atoms with Crippen molar-refractivity contribution in [3.63, 3.8) is 0 Å². The zero-order valence-electron chi connectivity index (χ0n) is 18.0. The third-order valence-electron chi connectivity index (χ3n) is 5.93. The van der Waals surface area contributed by atoms with Gasteiger partial charge in [0.1, 0.15) is 5.82 Å². The number of aromatic nitrogens is 2. The van der Waals surface area contributed by atoms with Gasteiger partial charge < -0.3 is 0 Å². The molecule has 0 amide bonds. The topological polar surface area (TPSA) is 17.8 Å². The summed E-state index contributed by atoms with van der Waals surface area (Å²) in [5.41, 5.74) is 8.60. The van der Waals surface area contributed by atoms with E-state index < -0.39 is 0 Å².